The van der Waals surface area contributed by atoms with Crippen LogP contribution in [0.2, 0.25) is 0 Å². The molecule has 3 rings (SSSR count). The number of hydrogen-bond acceptors (Lipinski definition) is 4. The van der Waals surface area contributed by atoms with Crippen LogP contribution in [0.5, 0.6) is 0 Å². The van der Waals surface area contributed by atoms with E-state index in [0.29, 0.717) is 30.0 Å². The molecular weight excluding hydrogens is 318 g/mol. The molecule has 1 aliphatic carbocycles. The minimum atomic E-state index is -0.733. The zero-order chi connectivity index (χ0) is 18.1. The Morgan fingerprint density at radius 2 is 1.84 bits per heavy atom. The first-order valence-corrected chi connectivity index (χ1v) is 8.38. The number of methoxy groups -OCH3 is 1. The molecule has 0 unspecified atom stereocenters. The first kappa shape index (κ1) is 17.1. The van der Waals surface area contributed by atoms with Crippen LogP contribution in [-0.4, -0.2) is 23.8 Å². The van der Waals surface area contributed by atoms with Crippen molar-refractivity contribution in [3.05, 3.63) is 68.6 Å². The third-order valence-corrected chi connectivity index (χ3v) is 4.79. The Kier molecular flexibility index (Phi) is 4.57. The molecule has 0 spiro atoms. The van der Waals surface area contributed by atoms with E-state index < -0.39 is 11.5 Å². The zero-order valence-electron chi connectivity index (χ0n) is 14.6. The SMILES string of the molecule is COC(=O)c1cc2c([nH]c1=O)C[C@@H](c1ccc(C(C)C)cc1)CC2=O. The maximum absolute atomic E-state index is 12.5. The number of rotatable bonds is 3. The van der Waals surface area contributed by atoms with Crippen LogP contribution in [0, 0.1) is 0 Å². The van der Waals surface area contributed by atoms with Gasteiger partial charge in [-0.15, -0.1) is 0 Å². The summed E-state index contributed by atoms with van der Waals surface area (Å²) in [5.74, 6) is -0.319. The van der Waals surface area contributed by atoms with Crippen LogP contribution in [0.15, 0.2) is 35.1 Å². The fourth-order valence-corrected chi connectivity index (χ4v) is 3.28. The molecule has 0 fully saturated rings. The van der Waals surface area contributed by atoms with Gasteiger partial charge in [-0.05, 0) is 35.4 Å². The van der Waals surface area contributed by atoms with E-state index in [9.17, 15) is 14.4 Å². The lowest BCUT2D eigenvalue weighted by Crippen LogP contribution is -2.27. The van der Waals surface area contributed by atoms with Crippen molar-refractivity contribution in [1.29, 1.82) is 0 Å². The van der Waals surface area contributed by atoms with Gasteiger partial charge >= 0.3 is 5.97 Å². The molecule has 25 heavy (non-hydrogen) atoms. The number of H-pyrrole nitrogens is 1. The minimum Gasteiger partial charge on any atom is -0.465 e. The van der Waals surface area contributed by atoms with Gasteiger partial charge in [0.2, 0.25) is 0 Å². The number of benzene rings is 1. The van der Waals surface area contributed by atoms with Crippen molar-refractivity contribution in [1.82, 2.24) is 4.98 Å². The molecule has 1 heterocycles. The number of fused-ring (bicyclic) bond motifs is 1. The second-order valence-electron chi connectivity index (χ2n) is 6.75. The second-order valence-corrected chi connectivity index (χ2v) is 6.75. The molecule has 0 saturated carbocycles. The molecule has 0 saturated heterocycles. The fraction of sp³-hybridized carbons (Fsp3) is 0.350. The predicted molar refractivity (Wildman–Crippen MR) is 94.3 cm³/mol. The van der Waals surface area contributed by atoms with Crippen molar-refractivity contribution in [3.8, 4) is 0 Å². The second kappa shape index (κ2) is 6.67. The summed E-state index contributed by atoms with van der Waals surface area (Å²) >= 11 is 0. The highest BCUT2D eigenvalue weighted by Crippen LogP contribution is 2.32. The van der Waals surface area contributed by atoms with E-state index in [1.54, 1.807) is 0 Å². The molecule has 0 aliphatic heterocycles. The molecule has 5 heteroatoms. The Morgan fingerprint density at radius 1 is 1.16 bits per heavy atom. The topological polar surface area (TPSA) is 76.2 Å². The van der Waals surface area contributed by atoms with E-state index in [1.165, 1.54) is 18.7 Å². The largest absolute Gasteiger partial charge is 0.465 e. The summed E-state index contributed by atoms with van der Waals surface area (Å²) in [7, 11) is 1.21. The number of esters is 1. The average Bonchev–Trinajstić information content (AvgIpc) is 2.60. The highest BCUT2D eigenvalue weighted by molar-refractivity contribution is 6.01. The average molecular weight is 339 g/mol. The van der Waals surface area contributed by atoms with Gasteiger partial charge in [-0.2, -0.15) is 0 Å². The number of Topliss-reactive ketones (excluding diaryl/α,β-unsaturated/α-hetero) is 1. The third kappa shape index (κ3) is 3.27. The summed E-state index contributed by atoms with van der Waals surface area (Å²) in [6, 6.07) is 9.64. The molecule has 1 aromatic heterocycles. The van der Waals surface area contributed by atoms with Crippen molar-refractivity contribution in [2.45, 2.75) is 38.5 Å². The normalized spacial score (nSPS) is 16.6. The molecule has 130 valence electrons. The number of ketones is 1. The number of nitrogens with one attached hydrogen (secondary N) is 1. The van der Waals surface area contributed by atoms with E-state index >= 15 is 0 Å². The summed E-state index contributed by atoms with van der Waals surface area (Å²) in [4.78, 5) is 39.0. The van der Waals surface area contributed by atoms with Gasteiger partial charge in [0, 0.05) is 17.7 Å². The lowest BCUT2D eigenvalue weighted by molar-refractivity contribution is 0.0598. The lowest BCUT2D eigenvalue weighted by atomic mass is 9.81. The smallest absolute Gasteiger partial charge is 0.343 e. The van der Waals surface area contributed by atoms with Crippen LogP contribution >= 0.6 is 0 Å². The van der Waals surface area contributed by atoms with E-state index in [-0.39, 0.29) is 17.3 Å². The van der Waals surface area contributed by atoms with Gasteiger partial charge in [-0.1, -0.05) is 38.1 Å². The fourth-order valence-electron chi connectivity index (χ4n) is 3.28. The molecule has 0 amide bonds. The molecule has 5 nitrogen and oxygen atoms in total. The highest BCUT2D eigenvalue weighted by atomic mass is 16.5. The first-order chi connectivity index (χ1) is 11.9. The van der Waals surface area contributed by atoms with Crippen molar-refractivity contribution < 1.29 is 14.3 Å². The first-order valence-electron chi connectivity index (χ1n) is 8.38. The number of carbonyl (C=O) groups excluding carboxylic acids is 2. The van der Waals surface area contributed by atoms with Crippen molar-refractivity contribution in [2.24, 2.45) is 0 Å². The maximum Gasteiger partial charge on any atom is 0.343 e. The van der Waals surface area contributed by atoms with E-state index in [4.69, 9.17) is 0 Å². The van der Waals surface area contributed by atoms with Crippen LogP contribution in [0.25, 0.3) is 0 Å². The molecule has 1 atom stereocenters. The monoisotopic (exact) mass is 339 g/mol. The molecule has 0 radical (unpaired) electrons. The predicted octanol–water partition coefficient (Wildman–Crippen LogP) is 3.20. The third-order valence-electron chi connectivity index (χ3n) is 4.79. The molecule has 0 bridgehead atoms. The number of aromatic amines is 1. The number of aromatic nitrogens is 1. The number of pyridine rings is 1. The molecular formula is C20H21NO4. The van der Waals surface area contributed by atoms with Gasteiger partial charge in [-0.3, -0.25) is 9.59 Å². The molecule has 1 aliphatic rings. The lowest BCUT2D eigenvalue weighted by Gasteiger charge is -2.24. The van der Waals surface area contributed by atoms with Gasteiger partial charge in [0.1, 0.15) is 5.56 Å². The van der Waals surface area contributed by atoms with Gasteiger partial charge in [0.25, 0.3) is 5.56 Å². The van der Waals surface area contributed by atoms with Gasteiger partial charge in [0.15, 0.2) is 5.78 Å². The van der Waals surface area contributed by atoms with Crippen LogP contribution in [0.4, 0.5) is 0 Å². The molecule has 2 aromatic rings. The number of ether oxygens (including phenoxy) is 1. The van der Waals surface area contributed by atoms with E-state index in [0.717, 1.165) is 5.56 Å². The quantitative estimate of drug-likeness (QED) is 0.871. The zero-order valence-corrected chi connectivity index (χ0v) is 14.6. The van der Waals surface area contributed by atoms with Crippen molar-refractivity contribution in [2.75, 3.05) is 7.11 Å². The van der Waals surface area contributed by atoms with E-state index in [1.807, 2.05) is 0 Å². The number of carbonyl (C=O) groups is 2. The van der Waals surface area contributed by atoms with Crippen molar-refractivity contribution in [3.63, 3.8) is 0 Å². The summed E-state index contributed by atoms with van der Waals surface area (Å²) in [5, 5.41) is 0. The van der Waals surface area contributed by atoms with Gasteiger partial charge < -0.3 is 9.72 Å². The summed E-state index contributed by atoms with van der Waals surface area (Å²) in [6.07, 6.45) is 0.930. The maximum atomic E-state index is 12.5. The van der Waals surface area contributed by atoms with Gasteiger partial charge in [-0.25, -0.2) is 4.79 Å². The standard InChI is InChI=1S/C20H21NO4/c1-11(2)12-4-6-13(7-5-12)14-8-17-15(18(22)9-14)10-16(19(23)21-17)20(24)25-3/h4-7,10-11,14H,8-9H2,1-3H3,(H,21,23)/t14-/m1/s1. The Bertz CT molecular complexity index is 878. The van der Waals surface area contributed by atoms with Crippen molar-refractivity contribution >= 4 is 11.8 Å². The van der Waals surface area contributed by atoms with E-state index in [2.05, 4.69) is 47.8 Å². The Hall–Kier alpha value is -2.69. The highest BCUT2D eigenvalue weighted by Gasteiger charge is 2.29. The summed E-state index contributed by atoms with van der Waals surface area (Å²) in [6.45, 7) is 4.28. The van der Waals surface area contributed by atoms with Crippen LogP contribution in [0.3, 0.4) is 0 Å². The Balaban J connectivity index is 1.93. The number of hydrogen-bond donors (Lipinski definition) is 1. The Labute approximate surface area is 146 Å². The molecule has 1 aromatic carbocycles. The van der Waals surface area contributed by atoms with Gasteiger partial charge in [0.05, 0.1) is 7.11 Å². The van der Waals surface area contributed by atoms with Crippen LogP contribution in [0.1, 0.15) is 69.6 Å². The molecule has 1 N–H and O–H groups in total. The Morgan fingerprint density at radius 3 is 2.44 bits per heavy atom. The van der Waals surface area contributed by atoms with Crippen LogP contribution in [-0.2, 0) is 11.2 Å². The summed E-state index contributed by atoms with van der Waals surface area (Å²) in [5.41, 5.74) is 2.69. The van der Waals surface area contributed by atoms with Crippen LogP contribution < -0.4 is 5.56 Å². The summed E-state index contributed by atoms with van der Waals surface area (Å²) < 4.78 is 4.59. The minimum absolute atomic E-state index is 0.0286.